The summed E-state index contributed by atoms with van der Waals surface area (Å²) in [5.41, 5.74) is 5.99. The number of rotatable bonds is 9. The van der Waals surface area contributed by atoms with Crippen molar-refractivity contribution in [2.45, 2.75) is 11.2 Å². The summed E-state index contributed by atoms with van der Waals surface area (Å²) in [6.45, 7) is 0.203. The van der Waals surface area contributed by atoms with Gasteiger partial charge in [-0.05, 0) is 53.6 Å². The lowest BCUT2D eigenvalue weighted by Crippen LogP contribution is -2.24. The number of nitrogens with zero attached hydrogens (tertiary/aromatic N) is 2. The van der Waals surface area contributed by atoms with Crippen molar-refractivity contribution in [3.63, 3.8) is 0 Å². The predicted octanol–water partition coefficient (Wildman–Crippen LogP) is 5.14. The Bertz CT molecular complexity index is 1170. The number of benzene rings is 3. The number of hydrogen-bond acceptors (Lipinski definition) is 7. The number of amides is 1. The van der Waals surface area contributed by atoms with Crippen molar-refractivity contribution in [2.75, 3.05) is 18.1 Å². The number of carbonyl (C=O) groups excluding carboxylic acids is 1. The van der Waals surface area contributed by atoms with E-state index in [1.165, 1.54) is 17.1 Å². The van der Waals surface area contributed by atoms with Crippen LogP contribution >= 0.6 is 23.5 Å². The van der Waals surface area contributed by atoms with Crippen LogP contribution < -0.4 is 14.9 Å². The van der Waals surface area contributed by atoms with Gasteiger partial charge < -0.3 is 9.47 Å². The van der Waals surface area contributed by atoms with Crippen LogP contribution in [0.25, 0.3) is 0 Å². The normalized spacial score (nSPS) is 13.5. The summed E-state index contributed by atoms with van der Waals surface area (Å²) in [4.78, 5) is 12.0. The van der Waals surface area contributed by atoms with Gasteiger partial charge in [-0.15, -0.1) is 23.5 Å². The Morgan fingerprint density at radius 1 is 1.00 bits per heavy atom. The maximum Gasteiger partial charge on any atom is 0.277 e. The third-order valence-corrected chi connectivity index (χ3v) is 8.06. The molecule has 0 spiro atoms. The molecule has 0 saturated carbocycles. The molecule has 0 bridgehead atoms. The van der Waals surface area contributed by atoms with E-state index in [2.05, 4.69) is 28.7 Å². The van der Waals surface area contributed by atoms with E-state index < -0.39 is 0 Å². The lowest BCUT2D eigenvalue weighted by atomic mass is 10.1. The van der Waals surface area contributed by atoms with Gasteiger partial charge in [0.25, 0.3) is 5.91 Å². The molecule has 4 rings (SSSR count). The maximum atomic E-state index is 12.0. The van der Waals surface area contributed by atoms with Crippen LogP contribution in [0, 0.1) is 11.3 Å². The first kappa shape index (κ1) is 23.7. The van der Waals surface area contributed by atoms with Crippen molar-refractivity contribution < 1.29 is 14.3 Å². The van der Waals surface area contributed by atoms with Crippen LogP contribution in [-0.4, -0.2) is 30.2 Å². The van der Waals surface area contributed by atoms with Gasteiger partial charge in [0.2, 0.25) is 0 Å². The minimum Gasteiger partial charge on any atom is -0.489 e. The van der Waals surface area contributed by atoms with Gasteiger partial charge in [-0.3, -0.25) is 4.79 Å². The van der Waals surface area contributed by atoms with Gasteiger partial charge in [-0.2, -0.15) is 10.4 Å². The summed E-state index contributed by atoms with van der Waals surface area (Å²) < 4.78 is 11.8. The molecule has 0 unspecified atom stereocenters. The van der Waals surface area contributed by atoms with E-state index in [4.69, 9.17) is 14.7 Å². The molecule has 3 aromatic rings. The Morgan fingerprint density at radius 3 is 2.41 bits per heavy atom. The first-order chi connectivity index (χ1) is 16.7. The second-order valence-electron chi connectivity index (χ2n) is 7.35. The van der Waals surface area contributed by atoms with Crippen LogP contribution in [-0.2, 0) is 11.4 Å². The van der Waals surface area contributed by atoms with E-state index in [1.807, 2.05) is 78.1 Å². The third-order valence-electron chi connectivity index (χ3n) is 4.96. The van der Waals surface area contributed by atoms with Crippen molar-refractivity contribution in [1.82, 2.24) is 5.43 Å². The van der Waals surface area contributed by atoms with E-state index in [0.29, 0.717) is 28.3 Å². The summed E-state index contributed by atoms with van der Waals surface area (Å²) in [7, 11) is 0. The third kappa shape index (κ3) is 6.80. The van der Waals surface area contributed by atoms with Gasteiger partial charge in [0.05, 0.1) is 22.4 Å². The van der Waals surface area contributed by atoms with Gasteiger partial charge >= 0.3 is 0 Å². The van der Waals surface area contributed by atoms with E-state index in [1.54, 1.807) is 12.3 Å². The highest BCUT2D eigenvalue weighted by Crippen LogP contribution is 2.45. The Morgan fingerprint density at radius 2 is 1.68 bits per heavy atom. The molecule has 0 aromatic heterocycles. The maximum absolute atomic E-state index is 12.0. The zero-order valence-corrected chi connectivity index (χ0v) is 20.0. The number of nitriles is 1. The van der Waals surface area contributed by atoms with E-state index >= 15 is 0 Å². The van der Waals surface area contributed by atoms with Crippen molar-refractivity contribution in [2.24, 2.45) is 5.10 Å². The highest BCUT2D eigenvalue weighted by atomic mass is 32.2. The average Bonchev–Trinajstić information content (AvgIpc) is 3.43. The first-order valence-corrected chi connectivity index (χ1v) is 12.8. The number of ether oxygens (including phenoxy) is 2. The monoisotopic (exact) mass is 489 g/mol. The van der Waals surface area contributed by atoms with Crippen LogP contribution in [0.15, 0.2) is 77.9 Å². The molecule has 0 atom stereocenters. The second-order valence-corrected chi connectivity index (χ2v) is 10.1. The number of carbonyl (C=O) groups is 1. The van der Waals surface area contributed by atoms with Gasteiger partial charge in [-0.25, -0.2) is 5.43 Å². The standard InChI is InChI=1S/C26H23N3O3S2/c27-15-21-3-1-2-4-22(21)17-31-23-9-5-19(6-10-23)16-28-29-25(30)18-32-24-11-7-20(8-12-24)26-33-13-14-34-26/h1-12,16,26H,13-14,17-18H2,(H,29,30)/b28-16-. The van der Waals surface area contributed by atoms with Crippen molar-refractivity contribution in [1.29, 1.82) is 5.26 Å². The van der Waals surface area contributed by atoms with Gasteiger partial charge in [0.15, 0.2) is 6.61 Å². The first-order valence-electron chi connectivity index (χ1n) is 10.7. The minimum atomic E-state index is -0.335. The zero-order valence-electron chi connectivity index (χ0n) is 18.3. The summed E-state index contributed by atoms with van der Waals surface area (Å²) >= 11 is 3.91. The molecule has 1 aliphatic rings. The molecule has 0 aliphatic carbocycles. The summed E-state index contributed by atoms with van der Waals surface area (Å²) in [6.07, 6.45) is 1.55. The van der Waals surface area contributed by atoms with Crippen LogP contribution in [0.4, 0.5) is 0 Å². The molecule has 1 saturated heterocycles. The van der Waals surface area contributed by atoms with Gasteiger partial charge in [0.1, 0.15) is 18.1 Å². The minimum absolute atomic E-state index is 0.111. The van der Waals surface area contributed by atoms with Crippen LogP contribution in [0.1, 0.15) is 26.8 Å². The predicted molar refractivity (Wildman–Crippen MR) is 137 cm³/mol. The Labute approximate surface area is 207 Å². The molecule has 1 N–H and O–H groups in total. The van der Waals surface area contributed by atoms with Crippen LogP contribution in [0.5, 0.6) is 11.5 Å². The quantitative estimate of drug-likeness (QED) is 0.331. The highest BCUT2D eigenvalue weighted by molar-refractivity contribution is 8.19. The summed E-state index contributed by atoms with van der Waals surface area (Å²) in [5, 5.41) is 13.1. The van der Waals surface area contributed by atoms with E-state index in [0.717, 1.165) is 11.1 Å². The number of hydrazone groups is 1. The Hall–Kier alpha value is -3.41. The molecule has 6 nitrogen and oxygen atoms in total. The van der Waals surface area contributed by atoms with Crippen LogP contribution in [0.2, 0.25) is 0 Å². The molecule has 1 fully saturated rings. The fourth-order valence-electron chi connectivity index (χ4n) is 3.20. The molecule has 172 valence electrons. The SMILES string of the molecule is N#Cc1ccccc1COc1ccc(/C=N\NC(=O)COc2ccc(C3SCCS3)cc2)cc1. The van der Waals surface area contributed by atoms with E-state index in [-0.39, 0.29) is 12.5 Å². The molecule has 1 amide bonds. The Kier molecular flexibility index (Phi) is 8.49. The van der Waals surface area contributed by atoms with Crippen molar-refractivity contribution in [3.05, 3.63) is 95.1 Å². The fraction of sp³-hybridized carbons (Fsp3) is 0.192. The lowest BCUT2D eigenvalue weighted by molar-refractivity contribution is -0.123. The van der Waals surface area contributed by atoms with E-state index in [9.17, 15) is 4.79 Å². The molecule has 34 heavy (non-hydrogen) atoms. The number of hydrogen-bond donors (Lipinski definition) is 1. The average molecular weight is 490 g/mol. The largest absolute Gasteiger partial charge is 0.489 e. The molecule has 1 heterocycles. The molecular formula is C26H23N3O3S2. The van der Waals surface area contributed by atoms with Crippen LogP contribution in [0.3, 0.4) is 0 Å². The smallest absolute Gasteiger partial charge is 0.277 e. The fourth-order valence-corrected chi connectivity index (χ4v) is 6.06. The van der Waals surface area contributed by atoms with Crippen molar-refractivity contribution >= 4 is 35.6 Å². The summed E-state index contributed by atoms with van der Waals surface area (Å²) in [6, 6.07) is 24.7. The topological polar surface area (TPSA) is 83.7 Å². The molecule has 0 radical (unpaired) electrons. The lowest BCUT2D eigenvalue weighted by Gasteiger charge is -2.10. The zero-order chi connectivity index (χ0) is 23.6. The molecule has 1 aliphatic heterocycles. The van der Waals surface area contributed by atoms with Gasteiger partial charge in [0, 0.05) is 17.1 Å². The van der Waals surface area contributed by atoms with Gasteiger partial charge in [-0.1, -0.05) is 30.3 Å². The molecular weight excluding hydrogens is 466 g/mol. The summed E-state index contributed by atoms with van der Waals surface area (Å²) in [5.74, 6) is 3.37. The molecule has 3 aromatic carbocycles. The van der Waals surface area contributed by atoms with Crippen molar-refractivity contribution in [3.8, 4) is 17.6 Å². The molecule has 8 heteroatoms. The number of thioether (sulfide) groups is 2. The Balaban J connectivity index is 1.19. The highest BCUT2D eigenvalue weighted by Gasteiger charge is 2.18. The second kappa shape index (κ2) is 12.2. The number of nitrogens with one attached hydrogen (secondary N) is 1.